The summed E-state index contributed by atoms with van der Waals surface area (Å²) in [5.74, 6) is -0.388. The number of hydrogen-bond donors (Lipinski definition) is 2. The summed E-state index contributed by atoms with van der Waals surface area (Å²) < 4.78 is 1.11. The molecule has 2 aromatic rings. The summed E-state index contributed by atoms with van der Waals surface area (Å²) in [7, 11) is 0. The molecule has 0 aliphatic rings. The van der Waals surface area contributed by atoms with Gasteiger partial charge in [-0.15, -0.1) is 0 Å². The average Bonchev–Trinajstić information content (AvgIpc) is 2.49. The van der Waals surface area contributed by atoms with Crippen molar-refractivity contribution in [3.8, 4) is 0 Å². The number of anilines is 2. The summed E-state index contributed by atoms with van der Waals surface area (Å²) in [5, 5.41) is 5.62. The lowest BCUT2D eigenvalue weighted by atomic mass is 10.1. The Balaban J connectivity index is 2.09. The highest BCUT2D eigenvalue weighted by atomic mass is 127. The molecule has 0 aliphatic heterocycles. The minimum absolute atomic E-state index is 0.0739. The zero-order valence-corrected chi connectivity index (χ0v) is 14.5. The molecule has 2 amide bonds. The van der Waals surface area contributed by atoms with E-state index in [1.54, 1.807) is 24.3 Å². The number of hydrogen-bond acceptors (Lipinski definition) is 2. The van der Waals surface area contributed by atoms with E-state index >= 15 is 0 Å². The van der Waals surface area contributed by atoms with Crippen molar-refractivity contribution in [1.29, 1.82) is 0 Å². The van der Waals surface area contributed by atoms with E-state index in [-0.39, 0.29) is 17.7 Å². The summed E-state index contributed by atoms with van der Waals surface area (Å²) in [6.07, 6.45) is 0. The number of carbonyl (C=O) groups is 2. The highest BCUT2D eigenvalue weighted by Gasteiger charge is 2.10. The minimum Gasteiger partial charge on any atom is -0.326 e. The lowest BCUT2D eigenvalue weighted by Crippen LogP contribution is -2.18. The quantitative estimate of drug-likeness (QED) is 0.748. The number of carbonyl (C=O) groups excluding carboxylic acids is 2. The standard InChI is InChI=1S/C17H17IN2O2/c1-11(2)16(21)20-15-5-3-4-12(10-15)17(22)19-14-8-6-13(18)7-9-14/h3-11H,1-2H3,(H,19,22)(H,20,21). The molecule has 0 heterocycles. The molecular weight excluding hydrogens is 391 g/mol. The van der Waals surface area contributed by atoms with E-state index in [0.29, 0.717) is 11.3 Å². The zero-order chi connectivity index (χ0) is 16.1. The molecule has 2 rings (SSSR count). The van der Waals surface area contributed by atoms with Gasteiger partial charge in [0.25, 0.3) is 5.91 Å². The largest absolute Gasteiger partial charge is 0.326 e. The molecule has 4 nitrogen and oxygen atoms in total. The molecule has 0 bridgehead atoms. The van der Waals surface area contributed by atoms with Crippen LogP contribution in [0.1, 0.15) is 24.2 Å². The molecule has 0 aromatic heterocycles. The van der Waals surface area contributed by atoms with Crippen molar-refractivity contribution < 1.29 is 9.59 Å². The summed E-state index contributed by atoms with van der Waals surface area (Å²) >= 11 is 2.21. The van der Waals surface area contributed by atoms with Gasteiger partial charge >= 0.3 is 0 Å². The molecule has 2 aromatic carbocycles. The molecular formula is C17H17IN2O2. The second kappa shape index (κ2) is 7.40. The Hall–Kier alpha value is -1.89. The second-order valence-corrected chi connectivity index (χ2v) is 6.43. The fraction of sp³-hybridized carbons (Fsp3) is 0.176. The van der Waals surface area contributed by atoms with Crippen molar-refractivity contribution in [2.75, 3.05) is 10.6 Å². The van der Waals surface area contributed by atoms with Crippen LogP contribution in [0.15, 0.2) is 48.5 Å². The molecule has 0 radical (unpaired) electrons. The van der Waals surface area contributed by atoms with Crippen LogP contribution in [-0.4, -0.2) is 11.8 Å². The van der Waals surface area contributed by atoms with Crippen LogP contribution in [0.4, 0.5) is 11.4 Å². The molecule has 0 saturated carbocycles. The third kappa shape index (κ3) is 4.56. The van der Waals surface area contributed by atoms with Crippen LogP contribution in [0.3, 0.4) is 0 Å². The summed E-state index contributed by atoms with van der Waals surface area (Å²) in [4.78, 5) is 23.9. The SMILES string of the molecule is CC(C)C(=O)Nc1cccc(C(=O)Nc2ccc(I)cc2)c1. The Morgan fingerprint density at radius 1 is 0.955 bits per heavy atom. The summed E-state index contributed by atoms with van der Waals surface area (Å²) in [5.41, 5.74) is 1.86. The molecule has 0 unspecified atom stereocenters. The van der Waals surface area contributed by atoms with E-state index in [0.717, 1.165) is 9.26 Å². The van der Waals surface area contributed by atoms with Crippen LogP contribution in [0.25, 0.3) is 0 Å². The van der Waals surface area contributed by atoms with E-state index < -0.39 is 0 Å². The fourth-order valence-electron chi connectivity index (χ4n) is 1.76. The van der Waals surface area contributed by atoms with Crippen molar-refractivity contribution >= 4 is 45.8 Å². The summed E-state index contributed by atoms with van der Waals surface area (Å²) in [6, 6.07) is 14.5. The Morgan fingerprint density at radius 2 is 1.64 bits per heavy atom. The maximum atomic E-state index is 12.2. The Kier molecular flexibility index (Phi) is 5.54. The molecule has 22 heavy (non-hydrogen) atoms. The molecule has 0 spiro atoms. The lowest BCUT2D eigenvalue weighted by Gasteiger charge is -2.10. The van der Waals surface area contributed by atoms with Gasteiger partial charge in [0.15, 0.2) is 0 Å². The molecule has 0 fully saturated rings. The third-order valence-corrected chi connectivity index (χ3v) is 3.74. The van der Waals surface area contributed by atoms with Gasteiger partial charge in [0.2, 0.25) is 5.91 Å². The lowest BCUT2D eigenvalue weighted by molar-refractivity contribution is -0.118. The third-order valence-electron chi connectivity index (χ3n) is 3.02. The van der Waals surface area contributed by atoms with Gasteiger partial charge in [0.1, 0.15) is 0 Å². The van der Waals surface area contributed by atoms with Crippen molar-refractivity contribution in [3.63, 3.8) is 0 Å². The molecule has 114 valence electrons. The first kappa shape index (κ1) is 16.5. The predicted molar refractivity (Wildman–Crippen MR) is 97.0 cm³/mol. The molecule has 0 saturated heterocycles. The van der Waals surface area contributed by atoms with Gasteiger partial charge in [-0.1, -0.05) is 19.9 Å². The number of amides is 2. The maximum absolute atomic E-state index is 12.2. The minimum atomic E-state index is -0.207. The fourth-order valence-corrected chi connectivity index (χ4v) is 2.12. The van der Waals surface area contributed by atoms with Crippen molar-refractivity contribution in [2.45, 2.75) is 13.8 Å². The van der Waals surface area contributed by atoms with Crippen molar-refractivity contribution in [3.05, 3.63) is 57.7 Å². The normalized spacial score (nSPS) is 10.4. The Morgan fingerprint density at radius 3 is 2.27 bits per heavy atom. The highest BCUT2D eigenvalue weighted by molar-refractivity contribution is 14.1. The monoisotopic (exact) mass is 408 g/mol. The van der Waals surface area contributed by atoms with Crippen LogP contribution in [0, 0.1) is 9.49 Å². The van der Waals surface area contributed by atoms with Gasteiger partial charge in [-0.2, -0.15) is 0 Å². The first-order valence-corrected chi connectivity index (χ1v) is 8.01. The van der Waals surface area contributed by atoms with E-state index in [2.05, 4.69) is 33.2 Å². The van der Waals surface area contributed by atoms with E-state index in [1.807, 2.05) is 38.1 Å². The van der Waals surface area contributed by atoms with Crippen molar-refractivity contribution in [1.82, 2.24) is 0 Å². The van der Waals surface area contributed by atoms with Gasteiger partial charge in [0, 0.05) is 26.4 Å². The number of benzene rings is 2. The second-order valence-electron chi connectivity index (χ2n) is 5.19. The van der Waals surface area contributed by atoms with E-state index in [4.69, 9.17) is 0 Å². The van der Waals surface area contributed by atoms with Crippen LogP contribution in [0.2, 0.25) is 0 Å². The average molecular weight is 408 g/mol. The zero-order valence-electron chi connectivity index (χ0n) is 12.4. The van der Waals surface area contributed by atoms with Crippen LogP contribution >= 0.6 is 22.6 Å². The smallest absolute Gasteiger partial charge is 0.255 e. The van der Waals surface area contributed by atoms with Crippen molar-refractivity contribution in [2.24, 2.45) is 5.92 Å². The van der Waals surface area contributed by atoms with E-state index in [1.165, 1.54) is 0 Å². The topological polar surface area (TPSA) is 58.2 Å². The predicted octanol–water partition coefficient (Wildman–Crippen LogP) is 4.14. The van der Waals surface area contributed by atoms with Gasteiger partial charge in [-0.05, 0) is 65.1 Å². The van der Waals surface area contributed by atoms with Gasteiger partial charge in [-0.25, -0.2) is 0 Å². The Labute approximate surface area is 143 Å². The van der Waals surface area contributed by atoms with Gasteiger partial charge in [0.05, 0.1) is 0 Å². The summed E-state index contributed by atoms with van der Waals surface area (Å²) in [6.45, 7) is 3.64. The molecule has 0 atom stereocenters. The first-order chi connectivity index (χ1) is 10.5. The van der Waals surface area contributed by atoms with Gasteiger partial charge in [-0.3, -0.25) is 9.59 Å². The molecule has 2 N–H and O–H groups in total. The van der Waals surface area contributed by atoms with Gasteiger partial charge < -0.3 is 10.6 Å². The Bertz CT molecular complexity index is 681. The van der Waals surface area contributed by atoms with Crippen LogP contribution < -0.4 is 10.6 Å². The maximum Gasteiger partial charge on any atom is 0.255 e. The number of rotatable bonds is 4. The van der Waals surface area contributed by atoms with E-state index in [9.17, 15) is 9.59 Å². The van der Waals surface area contributed by atoms with Crippen LogP contribution in [0.5, 0.6) is 0 Å². The number of nitrogens with one attached hydrogen (secondary N) is 2. The first-order valence-electron chi connectivity index (χ1n) is 6.93. The highest BCUT2D eigenvalue weighted by Crippen LogP contribution is 2.15. The van der Waals surface area contributed by atoms with Crippen LogP contribution in [-0.2, 0) is 4.79 Å². The molecule has 0 aliphatic carbocycles. The molecule has 5 heteroatoms. The number of halogens is 1.